The number of aliphatic hydroxyl groups is 1. The molecule has 1 aromatic carbocycles. The highest BCUT2D eigenvalue weighted by Crippen LogP contribution is 2.44. The number of carbonyl (C=O) groups is 1. The number of esters is 1. The summed E-state index contributed by atoms with van der Waals surface area (Å²) < 4.78 is 5.57. The summed E-state index contributed by atoms with van der Waals surface area (Å²) in [4.78, 5) is 25.3. The Balaban J connectivity index is 2.17. The van der Waals surface area contributed by atoms with Crippen LogP contribution in [0.5, 0.6) is 0 Å². The largest absolute Gasteiger partial charge is 0.460 e. The van der Waals surface area contributed by atoms with Crippen LogP contribution in [0.1, 0.15) is 50.4 Å². The quantitative estimate of drug-likeness (QED) is 0.727. The number of ether oxygens (including phenoxy) is 1. The van der Waals surface area contributed by atoms with E-state index in [0.29, 0.717) is 11.3 Å². The molecule has 1 heterocycles. The molecule has 0 unspecified atom stereocenters. The van der Waals surface area contributed by atoms with Gasteiger partial charge in [-0.1, -0.05) is 30.3 Å². The molecular weight excluding hydrogens is 320 g/mol. The maximum Gasteiger partial charge on any atom is 0.313 e. The average molecular weight is 344 g/mol. The summed E-state index contributed by atoms with van der Waals surface area (Å²) >= 11 is 0. The molecule has 1 aliphatic rings. The van der Waals surface area contributed by atoms with Gasteiger partial charge < -0.3 is 14.9 Å². The van der Waals surface area contributed by atoms with Crippen molar-refractivity contribution in [2.24, 2.45) is 5.92 Å². The fraction of sp³-hybridized carbons (Fsp3) is 0.474. The number of aromatic nitrogens is 2. The molecule has 134 valence electrons. The van der Waals surface area contributed by atoms with Crippen LogP contribution in [0, 0.1) is 5.92 Å². The maximum atomic E-state index is 13.0. The van der Waals surface area contributed by atoms with E-state index in [9.17, 15) is 14.7 Å². The molecular formula is C19H24N2O4. The van der Waals surface area contributed by atoms with Crippen molar-refractivity contribution in [3.8, 4) is 0 Å². The summed E-state index contributed by atoms with van der Waals surface area (Å²) in [5.41, 5.74) is -0.380. The van der Waals surface area contributed by atoms with Gasteiger partial charge in [-0.3, -0.25) is 14.7 Å². The number of rotatable bonds is 2. The minimum atomic E-state index is -1.35. The van der Waals surface area contributed by atoms with E-state index < -0.39 is 29.0 Å². The smallest absolute Gasteiger partial charge is 0.313 e. The Morgan fingerprint density at radius 3 is 2.48 bits per heavy atom. The van der Waals surface area contributed by atoms with Crippen molar-refractivity contribution in [3.63, 3.8) is 0 Å². The molecule has 0 saturated carbocycles. The highest BCUT2D eigenvalue weighted by Gasteiger charge is 2.51. The van der Waals surface area contributed by atoms with Gasteiger partial charge in [0.1, 0.15) is 5.60 Å². The van der Waals surface area contributed by atoms with Crippen molar-refractivity contribution < 1.29 is 14.6 Å². The monoisotopic (exact) mass is 344 g/mol. The van der Waals surface area contributed by atoms with Crippen LogP contribution in [0.2, 0.25) is 0 Å². The standard InChI is InChI=1S/C19H24N2O4/c1-18(2,3)25-17(23)15-13(11-8-6-5-7-9-11)14-12(10-19(15,4)24)20-21-16(14)22/h5-9,13,15,24H,10H2,1-4H3,(H2,20,21,22)/t13-,15+,19+/m1/s1. The van der Waals surface area contributed by atoms with Gasteiger partial charge >= 0.3 is 5.97 Å². The molecule has 25 heavy (non-hydrogen) atoms. The summed E-state index contributed by atoms with van der Waals surface area (Å²) in [7, 11) is 0. The minimum Gasteiger partial charge on any atom is -0.460 e. The lowest BCUT2D eigenvalue weighted by Crippen LogP contribution is -2.51. The summed E-state index contributed by atoms with van der Waals surface area (Å²) in [5.74, 6) is -1.96. The first-order valence-electron chi connectivity index (χ1n) is 8.40. The van der Waals surface area contributed by atoms with Crippen molar-refractivity contribution >= 4 is 5.97 Å². The van der Waals surface area contributed by atoms with E-state index in [-0.39, 0.29) is 12.0 Å². The summed E-state index contributed by atoms with van der Waals surface area (Å²) in [6.45, 7) is 6.98. The Morgan fingerprint density at radius 2 is 1.88 bits per heavy atom. The van der Waals surface area contributed by atoms with Gasteiger partial charge in [0, 0.05) is 23.6 Å². The Labute approximate surface area is 146 Å². The predicted octanol–water partition coefficient (Wildman–Crippen LogP) is 2.10. The lowest BCUT2D eigenvalue weighted by Gasteiger charge is -2.41. The second-order valence-corrected chi connectivity index (χ2v) is 7.90. The molecule has 3 N–H and O–H groups in total. The summed E-state index contributed by atoms with van der Waals surface area (Å²) in [6.07, 6.45) is 0.175. The lowest BCUT2D eigenvalue weighted by atomic mass is 9.66. The Hall–Kier alpha value is -2.34. The fourth-order valence-electron chi connectivity index (χ4n) is 3.64. The fourth-order valence-corrected chi connectivity index (χ4v) is 3.64. The SMILES string of the molecule is CC(C)(C)OC(=O)[C@@H]1[C@H](c2ccccc2)c2c([nH][nH]c2=O)C[C@]1(C)O. The maximum absolute atomic E-state index is 13.0. The van der Waals surface area contributed by atoms with Crippen molar-refractivity contribution in [1.29, 1.82) is 0 Å². The first-order chi connectivity index (χ1) is 11.6. The van der Waals surface area contributed by atoms with Crippen molar-refractivity contribution in [1.82, 2.24) is 10.2 Å². The van der Waals surface area contributed by atoms with Gasteiger partial charge in [-0.2, -0.15) is 0 Å². The zero-order valence-electron chi connectivity index (χ0n) is 14.9. The van der Waals surface area contributed by atoms with E-state index in [4.69, 9.17) is 4.74 Å². The molecule has 6 heteroatoms. The molecule has 1 aliphatic carbocycles. The molecule has 3 atom stereocenters. The van der Waals surface area contributed by atoms with Crippen molar-refractivity contribution in [3.05, 3.63) is 57.5 Å². The van der Waals surface area contributed by atoms with Crippen LogP contribution < -0.4 is 5.56 Å². The van der Waals surface area contributed by atoms with Crippen LogP contribution >= 0.6 is 0 Å². The molecule has 0 aliphatic heterocycles. The molecule has 3 rings (SSSR count). The molecule has 0 fully saturated rings. The van der Waals surface area contributed by atoms with E-state index >= 15 is 0 Å². The molecule has 0 radical (unpaired) electrons. The van der Waals surface area contributed by atoms with Gasteiger partial charge in [-0.05, 0) is 33.3 Å². The summed E-state index contributed by atoms with van der Waals surface area (Å²) in [6, 6.07) is 9.30. The van der Waals surface area contributed by atoms with E-state index in [2.05, 4.69) is 10.2 Å². The number of H-pyrrole nitrogens is 2. The topological polar surface area (TPSA) is 95.2 Å². The van der Waals surface area contributed by atoms with E-state index in [1.165, 1.54) is 0 Å². The van der Waals surface area contributed by atoms with Crippen LogP contribution in [-0.2, 0) is 16.0 Å². The van der Waals surface area contributed by atoms with Gasteiger partial charge in [0.15, 0.2) is 0 Å². The number of benzene rings is 1. The minimum absolute atomic E-state index is 0.175. The molecule has 2 aromatic rings. The third-order valence-corrected chi connectivity index (χ3v) is 4.57. The molecule has 0 saturated heterocycles. The zero-order chi connectivity index (χ0) is 18.4. The number of carbonyl (C=O) groups excluding carboxylic acids is 1. The molecule has 6 nitrogen and oxygen atoms in total. The van der Waals surface area contributed by atoms with Crippen LogP contribution in [0.15, 0.2) is 35.1 Å². The molecule has 0 spiro atoms. The number of nitrogens with one attached hydrogen (secondary N) is 2. The Morgan fingerprint density at radius 1 is 1.24 bits per heavy atom. The van der Waals surface area contributed by atoms with Gasteiger partial charge in [0.05, 0.1) is 11.5 Å². The Bertz CT molecular complexity index is 827. The zero-order valence-corrected chi connectivity index (χ0v) is 14.9. The number of hydrogen-bond donors (Lipinski definition) is 3. The van der Waals surface area contributed by atoms with Gasteiger partial charge in [-0.25, -0.2) is 0 Å². The number of hydrogen-bond acceptors (Lipinski definition) is 4. The van der Waals surface area contributed by atoms with Crippen LogP contribution in [0.25, 0.3) is 0 Å². The van der Waals surface area contributed by atoms with E-state index in [0.717, 1.165) is 5.56 Å². The second kappa shape index (κ2) is 5.88. The van der Waals surface area contributed by atoms with Crippen LogP contribution in [0.3, 0.4) is 0 Å². The molecule has 0 amide bonds. The third-order valence-electron chi connectivity index (χ3n) is 4.57. The number of aromatic amines is 2. The third kappa shape index (κ3) is 3.26. The predicted molar refractivity (Wildman–Crippen MR) is 93.4 cm³/mol. The molecule has 0 bridgehead atoms. The first-order valence-corrected chi connectivity index (χ1v) is 8.40. The Kier molecular flexibility index (Phi) is 4.11. The first kappa shape index (κ1) is 17.5. The normalized spacial score (nSPS) is 26.1. The summed E-state index contributed by atoms with van der Waals surface area (Å²) in [5, 5.41) is 16.5. The van der Waals surface area contributed by atoms with E-state index in [1.54, 1.807) is 27.7 Å². The molecule has 1 aromatic heterocycles. The van der Waals surface area contributed by atoms with Gasteiger partial charge in [0.2, 0.25) is 0 Å². The van der Waals surface area contributed by atoms with Crippen LogP contribution in [0.4, 0.5) is 0 Å². The highest BCUT2D eigenvalue weighted by molar-refractivity contribution is 5.77. The second-order valence-electron chi connectivity index (χ2n) is 7.90. The highest BCUT2D eigenvalue weighted by atomic mass is 16.6. The van der Waals surface area contributed by atoms with Crippen molar-refractivity contribution in [2.45, 2.75) is 51.2 Å². The van der Waals surface area contributed by atoms with E-state index in [1.807, 2.05) is 30.3 Å². The van der Waals surface area contributed by atoms with Gasteiger partial charge in [-0.15, -0.1) is 0 Å². The van der Waals surface area contributed by atoms with Gasteiger partial charge in [0.25, 0.3) is 5.56 Å². The average Bonchev–Trinajstić information content (AvgIpc) is 2.84. The van der Waals surface area contributed by atoms with Crippen LogP contribution in [-0.4, -0.2) is 32.5 Å². The number of fused-ring (bicyclic) bond motifs is 1. The lowest BCUT2D eigenvalue weighted by molar-refractivity contribution is -0.171. The van der Waals surface area contributed by atoms with Crippen molar-refractivity contribution in [2.75, 3.05) is 0 Å².